The molecule has 0 aromatic heterocycles. The Morgan fingerprint density at radius 3 is 2.50 bits per heavy atom. The van der Waals surface area contributed by atoms with Crippen molar-refractivity contribution in [3.8, 4) is 0 Å². The zero-order valence-corrected chi connectivity index (χ0v) is 8.42. The Kier molecular flexibility index (Phi) is 4.83. The standard InChI is InChI=1S/C9H19N2O/c1-9(8-11(2,3)4)10-6-5-7-12/h5,9-10H,6,8H2,1-4H3/q+1. The first-order valence-corrected chi connectivity index (χ1v) is 4.19. The molecule has 1 N–H and O–H groups in total. The van der Waals surface area contributed by atoms with E-state index < -0.39 is 0 Å². The van der Waals surface area contributed by atoms with Crippen LogP contribution in [0.4, 0.5) is 0 Å². The summed E-state index contributed by atoms with van der Waals surface area (Å²) in [5.41, 5.74) is 0. The quantitative estimate of drug-likeness (QED) is 0.468. The molecule has 0 aliphatic heterocycles. The second kappa shape index (κ2) is 5.09. The number of likely N-dealkylation sites (N-methyl/N-ethyl adjacent to an activating group) is 1. The maximum Gasteiger partial charge on any atom is 0.121 e. The Bertz CT molecular complexity index is 166. The number of hydrogen-bond acceptors (Lipinski definition) is 2. The molecule has 0 spiro atoms. The average molecular weight is 171 g/mol. The minimum Gasteiger partial charge on any atom is -0.330 e. The zero-order valence-electron chi connectivity index (χ0n) is 8.42. The number of quaternary nitrogens is 1. The lowest BCUT2D eigenvalue weighted by atomic mass is 10.3. The van der Waals surface area contributed by atoms with Crippen LogP contribution in [0.3, 0.4) is 0 Å². The molecule has 0 bridgehead atoms. The normalized spacial score (nSPS) is 13.7. The molecule has 3 nitrogen and oxygen atoms in total. The highest BCUT2D eigenvalue weighted by molar-refractivity contribution is 5.45. The summed E-state index contributed by atoms with van der Waals surface area (Å²) >= 11 is 0. The minimum atomic E-state index is 0.426. The fraction of sp³-hybridized carbons (Fsp3) is 0.778. The number of nitrogens with one attached hydrogen (secondary N) is 1. The third-order valence-electron chi connectivity index (χ3n) is 1.47. The van der Waals surface area contributed by atoms with E-state index in [1.54, 1.807) is 5.94 Å². The van der Waals surface area contributed by atoms with Gasteiger partial charge in [-0.2, -0.15) is 0 Å². The van der Waals surface area contributed by atoms with Gasteiger partial charge in [0.15, 0.2) is 0 Å². The Labute approximate surface area is 74.7 Å². The van der Waals surface area contributed by atoms with Crippen LogP contribution >= 0.6 is 0 Å². The first kappa shape index (κ1) is 11.4. The second-order valence-electron chi connectivity index (χ2n) is 4.10. The van der Waals surface area contributed by atoms with Crippen LogP contribution in [0, 0.1) is 0 Å². The topological polar surface area (TPSA) is 29.1 Å². The van der Waals surface area contributed by atoms with E-state index in [0.29, 0.717) is 12.6 Å². The van der Waals surface area contributed by atoms with Gasteiger partial charge in [-0.15, -0.1) is 0 Å². The van der Waals surface area contributed by atoms with E-state index in [0.717, 1.165) is 11.0 Å². The van der Waals surface area contributed by atoms with Gasteiger partial charge in [-0.25, -0.2) is 4.79 Å². The van der Waals surface area contributed by atoms with Crippen LogP contribution < -0.4 is 5.32 Å². The van der Waals surface area contributed by atoms with E-state index in [4.69, 9.17) is 0 Å². The van der Waals surface area contributed by atoms with Crippen molar-refractivity contribution < 1.29 is 9.28 Å². The van der Waals surface area contributed by atoms with Crippen LogP contribution in [0.1, 0.15) is 6.92 Å². The van der Waals surface area contributed by atoms with Crippen LogP contribution in [-0.2, 0) is 4.79 Å². The summed E-state index contributed by atoms with van der Waals surface area (Å²) < 4.78 is 0.930. The van der Waals surface area contributed by atoms with Crippen molar-refractivity contribution in [1.29, 1.82) is 0 Å². The maximum absolute atomic E-state index is 9.85. The summed E-state index contributed by atoms with van der Waals surface area (Å²) in [7, 11) is 6.44. The van der Waals surface area contributed by atoms with Crippen LogP contribution in [0.25, 0.3) is 0 Å². The molecule has 0 rings (SSSR count). The molecule has 0 heterocycles. The lowest BCUT2D eigenvalue weighted by molar-refractivity contribution is -0.871. The highest BCUT2D eigenvalue weighted by Gasteiger charge is 2.11. The van der Waals surface area contributed by atoms with Crippen LogP contribution in [-0.4, -0.2) is 50.7 Å². The maximum atomic E-state index is 9.85. The molecule has 0 saturated heterocycles. The molecule has 1 unspecified atom stereocenters. The van der Waals surface area contributed by atoms with E-state index in [9.17, 15) is 4.79 Å². The molecule has 0 amide bonds. The summed E-state index contributed by atoms with van der Waals surface area (Å²) in [6.07, 6.45) is 1.46. The van der Waals surface area contributed by atoms with Crippen molar-refractivity contribution in [3.63, 3.8) is 0 Å². The smallest absolute Gasteiger partial charge is 0.121 e. The summed E-state index contributed by atoms with van der Waals surface area (Å²) in [6, 6.07) is 0.426. The number of carbonyl (C=O) groups excluding carboxylic acids is 1. The lowest BCUT2D eigenvalue weighted by Gasteiger charge is -2.27. The summed E-state index contributed by atoms with van der Waals surface area (Å²) in [6.45, 7) is 3.78. The molecule has 0 aliphatic carbocycles. The molecule has 0 aromatic carbocycles. The molecule has 3 heteroatoms. The van der Waals surface area contributed by atoms with Gasteiger partial charge in [0.1, 0.15) is 5.94 Å². The Morgan fingerprint density at radius 2 is 2.08 bits per heavy atom. The van der Waals surface area contributed by atoms with E-state index >= 15 is 0 Å². The monoisotopic (exact) mass is 171 g/mol. The van der Waals surface area contributed by atoms with Gasteiger partial charge in [-0.05, 0) is 6.92 Å². The van der Waals surface area contributed by atoms with E-state index in [1.807, 2.05) is 0 Å². The van der Waals surface area contributed by atoms with Crippen LogP contribution in [0.2, 0.25) is 0 Å². The van der Waals surface area contributed by atoms with Gasteiger partial charge in [0.25, 0.3) is 0 Å². The van der Waals surface area contributed by atoms with Crippen molar-refractivity contribution in [3.05, 3.63) is 6.08 Å². The minimum absolute atomic E-state index is 0.426. The molecule has 0 fully saturated rings. The number of rotatable bonds is 5. The van der Waals surface area contributed by atoms with Gasteiger partial charge in [0.2, 0.25) is 0 Å². The van der Waals surface area contributed by atoms with Crippen molar-refractivity contribution in [1.82, 2.24) is 5.32 Å². The van der Waals surface area contributed by atoms with Gasteiger partial charge in [0, 0.05) is 12.6 Å². The van der Waals surface area contributed by atoms with Crippen molar-refractivity contribution >= 4 is 5.94 Å². The molecular formula is C9H19N2O+. The highest BCUT2D eigenvalue weighted by Crippen LogP contribution is 1.93. The van der Waals surface area contributed by atoms with Crippen molar-refractivity contribution in [2.24, 2.45) is 0 Å². The van der Waals surface area contributed by atoms with E-state index in [1.165, 1.54) is 6.08 Å². The second-order valence-corrected chi connectivity index (χ2v) is 4.10. The summed E-state index contributed by atoms with van der Waals surface area (Å²) in [5.74, 6) is 1.74. The lowest BCUT2D eigenvalue weighted by Crippen LogP contribution is -2.45. The fourth-order valence-electron chi connectivity index (χ4n) is 1.19. The molecule has 12 heavy (non-hydrogen) atoms. The van der Waals surface area contributed by atoms with Gasteiger partial charge in [0.05, 0.1) is 33.7 Å². The SMILES string of the molecule is CC(C[N+](C)(C)C)NCC=C=O. The number of nitrogens with zero attached hydrogens (tertiary/aromatic N) is 1. The molecule has 0 aliphatic rings. The third-order valence-corrected chi connectivity index (χ3v) is 1.47. The number of hydrogen-bond donors (Lipinski definition) is 1. The van der Waals surface area contributed by atoms with Crippen molar-refractivity contribution in [2.45, 2.75) is 13.0 Å². The van der Waals surface area contributed by atoms with Gasteiger partial charge >= 0.3 is 0 Å². The van der Waals surface area contributed by atoms with Gasteiger partial charge in [-0.1, -0.05) is 0 Å². The van der Waals surface area contributed by atoms with Crippen LogP contribution in [0.15, 0.2) is 6.08 Å². The molecule has 70 valence electrons. The van der Waals surface area contributed by atoms with Gasteiger partial charge in [-0.3, -0.25) is 0 Å². The Hall–Kier alpha value is -0.630. The van der Waals surface area contributed by atoms with Crippen molar-refractivity contribution in [2.75, 3.05) is 34.2 Å². The Morgan fingerprint density at radius 1 is 1.50 bits per heavy atom. The first-order chi connectivity index (χ1) is 5.45. The predicted molar refractivity (Wildman–Crippen MR) is 50.6 cm³/mol. The molecule has 1 atom stereocenters. The van der Waals surface area contributed by atoms with Crippen LogP contribution in [0.5, 0.6) is 0 Å². The van der Waals surface area contributed by atoms with Gasteiger partial charge < -0.3 is 9.80 Å². The zero-order chi connectivity index (χ0) is 9.61. The first-order valence-electron chi connectivity index (χ1n) is 4.19. The predicted octanol–water partition coefficient (Wildman–Crippen LogP) is 0.0585. The summed E-state index contributed by atoms with van der Waals surface area (Å²) in [4.78, 5) is 9.85. The largest absolute Gasteiger partial charge is 0.330 e. The van der Waals surface area contributed by atoms with E-state index in [-0.39, 0.29) is 0 Å². The summed E-state index contributed by atoms with van der Waals surface area (Å²) in [5, 5.41) is 3.21. The molecule has 0 aromatic rings. The molecular weight excluding hydrogens is 152 g/mol. The molecule has 0 radical (unpaired) electrons. The Balaban J connectivity index is 3.59. The highest BCUT2D eigenvalue weighted by atomic mass is 16.1. The molecule has 0 saturated carbocycles. The average Bonchev–Trinajstić information content (AvgIpc) is 1.84. The third kappa shape index (κ3) is 7.48. The fourth-order valence-corrected chi connectivity index (χ4v) is 1.19. The van der Waals surface area contributed by atoms with E-state index in [2.05, 4.69) is 33.4 Å².